The Kier molecular flexibility index (Phi) is 5.11. The van der Waals surface area contributed by atoms with Crippen molar-refractivity contribution in [3.8, 4) is 11.5 Å². The molecular weight excluding hydrogens is 395 g/mol. The van der Waals surface area contributed by atoms with Crippen LogP contribution in [-0.2, 0) is 11.0 Å². The molecule has 0 aliphatic carbocycles. The molecule has 1 aliphatic rings. The van der Waals surface area contributed by atoms with Crippen LogP contribution in [0.4, 0.5) is 18.9 Å². The molecule has 0 aromatic heterocycles. The average molecular weight is 413 g/mol. The van der Waals surface area contributed by atoms with Crippen LogP contribution in [0.25, 0.3) is 16.3 Å². The fraction of sp³-hybridized carbons (Fsp3) is 0.174. The Morgan fingerprint density at radius 2 is 1.83 bits per heavy atom. The van der Waals surface area contributed by atoms with E-state index in [0.29, 0.717) is 29.7 Å². The minimum absolute atomic E-state index is 0.126. The van der Waals surface area contributed by atoms with Crippen LogP contribution in [-0.4, -0.2) is 17.6 Å². The number of nitrogens with one attached hydrogen (secondary N) is 1. The van der Waals surface area contributed by atoms with Gasteiger partial charge in [0, 0.05) is 17.3 Å². The summed E-state index contributed by atoms with van der Waals surface area (Å²) in [6, 6.07) is 13.6. The molecule has 0 atom stereocenters. The Balaban J connectivity index is 1.61. The molecule has 0 unspecified atom stereocenters. The summed E-state index contributed by atoms with van der Waals surface area (Å²) in [5.74, 6) is -0.138. The summed E-state index contributed by atoms with van der Waals surface area (Å²) in [5, 5.41) is 14.1. The standard InChI is InChI=1S/C23H18F3NO3/c24-23(25,26)17-5-8-20-15(2-1-9-30-21(20)13-17)12-22(29)27-18-6-3-14-4-7-19(28)11-16(14)10-18/h3-8,10-13,28H,1-2,9H2,(H,27,29)/b15-12+. The Morgan fingerprint density at radius 1 is 1.03 bits per heavy atom. The van der Waals surface area contributed by atoms with E-state index in [-0.39, 0.29) is 18.1 Å². The smallest absolute Gasteiger partial charge is 0.416 e. The van der Waals surface area contributed by atoms with Gasteiger partial charge in [0.25, 0.3) is 0 Å². The Bertz CT molecular complexity index is 1150. The fourth-order valence-corrected chi connectivity index (χ4v) is 3.46. The van der Waals surface area contributed by atoms with Crippen LogP contribution in [0.5, 0.6) is 11.5 Å². The van der Waals surface area contributed by atoms with E-state index >= 15 is 0 Å². The number of carbonyl (C=O) groups is 1. The molecule has 3 aromatic carbocycles. The van der Waals surface area contributed by atoms with E-state index in [9.17, 15) is 23.1 Å². The predicted molar refractivity (Wildman–Crippen MR) is 108 cm³/mol. The van der Waals surface area contributed by atoms with Gasteiger partial charge >= 0.3 is 6.18 Å². The number of phenols is 1. The molecule has 30 heavy (non-hydrogen) atoms. The van der Waals surface area contributed by atoms with Gasteiger partial charge in [-0.1, -0.05) is 18.2 Å². The summed E-state index contributed by atoms with van der Waals surface area (Å²) in [6.07, 6.45) is -1.97. The van der Waals surface area contributed by atoms with Crippen LogP contribution >= 0.6 is 0 Å². The summed E-state index contributed by atoms with van der Waals surface area (Å²) in [5.41, 5.74) is 0.866. The zero-order valence-electron chi connectivity index (χ0n) is 15.8. The number of allylic oxidation sites excluding steroid dienone is 1. The number of rotatable bonds is 2. The fourth-order valence-electron chi connectivity index (χ4n) is 3.46. The average Bonchev–Trinajstić information content (AvgIpc) is 2.88. The van der Waals surface area contributed by atoms with Gasteiger partial charge in [-0.05, 0) is 65.6 Å². The van der Waals surface area contributed by atoms with Crippen molar-refractivity contribution in [2.45, 2.75) is 19.0 Å². The number of aromatic hydroxyl groups is 1. The Morgan fingerprint density at radius 3 is 2.63 bits per heavy atom. The number of anilines is 1. The number of fused-ring (bicyclic) bond motifs is 2. The monoisotopic (exact) mass is 413 g/mol. The molecule has 0 spiro atoms. The van der Waals surface area contributed by atoms with Gasteiger partial charge in [-0.2, -0.15) is 13.2 Å². The number of carbonyl (C=O) groups excluding carboxylic acids is 1. The lowest BCUT2D eigenvalue weighted by atomic mass is 9.99. The third kappa shape index (κ3) is 4.25. The molecule has 1 heterocycles. The molecule has 4 nitrogen and oxygen atoms in total. The van der Waals surface area contributed by atoms with Crippen molar-refractivity contribution in [1.29, 1.82) is 0 Å². The van der Waals surface area contributed by atoms with Gasteiger partial charge in [0.05, 0.1) is 12.2 Å². The van der Waals surface area contributed by atoms with Crippen LogP contribution in [0.3, 0.4) is 0 Å². The number of amides is 1. The van der Waals surface area contributed by atoms with Gasteiger partial charge in [-0.25, -0.2) is 0 Å². The van der Waals surface area contributed by atoms with Crippen molar-refractivity contribution in [2.75, 3.05) is 11.9 Å². The molecule has 1 amide bonds. The SMILES string of the molecule is O=C(/C=C1\CCCOc2cc(C(F)(F)F)ccc21)Nc1ccc2ccc(O)cc2c1. The topological polar surface area (TPSA) is 58.6 Å². The number of alkyl halides is 3. The van der Waals surface area contributed by atoms with Crippen LogP contribution in [0, 0.1) is 0 Å². The molecule has 0 bridgehead atoms. The number of ether oxygens (including phenoxy) is 1. The Labute approximate surface area is 170 Å². The number of hydrogen-bond donors (Lipinski definition) is 2. The van der Waals surface area contributed by atoms with Gasteiger partial charge in [0.1, 0.15) is 11.5 Å². The zero-order chi connectivity index (χ0) is 21.3. The summed E-state index contributed by atoms with van der Waals surface area (Å²) < 4.78 is 44.5. The Hall–Kier alpha value is -3.48. The highest BCUT2D eigenvalue weighted by molar-refractivity contribution is 6.05. The predicted octanol–water partition coefficient (Wildman–Crippen LogP) is 5.76. The highest BCUT2D eigenvalue weighted by Gasteiger charge is 2.32. The molecule has 3 aromatic rings. The van der Waals surface area contributed by atoms with Crippen LogP contribution < -0.4 is 10.1 Å². The van der Waals surface area contributed by atoms with E-state index < -0.39 is 17.6 Å². The summed E-state index contributed by atoms with van der Waals surface area (Å²) >= 11 is 0. The normalized spacial score (nSPS) is 15.4. The lowest BCUT2D eigenvalue weighted by Crippen LogP contribution is -2.09. The quantitative estimate of drug-likeness (QED) is 0.525. The minimum atomic E-state index is -4.46. The second-order valence-electron chi connectivity index (χ2n) is 7.07. The third-order valence-electron chi connectivity index (χ3n) is 4.90. The molecule has 0 saturated heterocycles. The van der Waals surface area contributed by atoms with E-state index in [0.717, 1.165) is 22.9 Å². The molecule has 0 radical (unpaired) electrons. The van der Waals surface area contributed by atoms with E-state index in [1.807, 2.05) is 6.07 Å². The molecular formula is C23H18F3NO3. The maximum atomic E-state index is 13.0. The first-order chi connectivity index (χ1) is 14.3. The largest absolute Gasteiger partial charge is 0.508 e. The van der Waals surface area contributed by atoms with Crippen molar-refractivity contribution < 1.29 is 27.8 Å². The maximum Gasteiger partial charge on any atom is 0.416 e. The van der Waals surface area contributed by atoms with Gasteiger partial charge in [-0.3, -0.25) is 4.79 Å². The molecule has 0 fully saturated rings. The van der Waals surface area contributed by atoms with Crippen molar-refractivity contribution in [3.05, 3.63) is 71.8 Å². The highest BCUT2D eigenvalue weighted by Crippen LogP contribution is 2.38. The number of halogens is 3. The molecule has 154 valence electrons. The summed E-state index contributed by atoms with van der Waals surface area (Å²) in [7, 11) is 0. The first-order valence-electron chi connectivity index (χ1n) is 9.38. The lowest BCUT2D eigenvalue weighted by molar-refractivity contribution is -0.137. The first kappa shape index (κ1) is 19.8. The number of hydrogen-bond acceptors (Lipinski definition) is 3. The van der Waals surface area contributed by atoms with Gasteiger partial charge in [0.15, 0.2) is 0 Å². The lowest BCUT2D eigenvalue weighted by Gasteiger charge is -2.13. The zero-order valence-corrected chi connectivity index (χ0v) is 15.8. The first-order valence-corrected chi connectivity index (χ1v) is 9.38. The summed E-state index contributed by atoms with van der Waals surface area (Å²) in [4.78, 5) is 12.6. The van der Waals surface area contributed by atoms with Crippen molar-refractivity contribution in [1.82, 2.24) is 0 Å². The van der Waals surface area contributed by atoms with Crippen molar-refractivity contribution in [2.24, 2.45) is 0 Å². The maximum absolute atomic E-state index is 13.0. The van der Waals surface area contributed by atoms with Crippen LogP contribution in [0.1, 0.15) is 24.0 Å². The molecule has 2 N–H and O–H groups in total. The van der Waals surface area contributed by atoms with E-state index in [4.69, 9.17) is 4.74 Å². The minimum Gasteiger partial charge on any atom is -0.508 e. The second-order valence-corrected chi connectivity index (χ2v) is 7.07. The third-order valence-corrected chi connectivity index (χ3v) is 4.90. The van der Waals surface area contributed by atoms with Gasteiger partial charge in [-0.15, -0.1) is 0 Å². The van der Waals surface area contributed by atoms with E-state index in [1.54, 1.807) is 30.3 Å². The molecule has 7 heteroatoms. The van der Waals surface area contributed by atoms with Gasteiger partial charge < -0.3 is 15.2 Å². The number of phenolic OH excluding ortho intramolecular Hbond substituents is 1. The van der Waals surface area contributed by atoms with Crippen LogP contribution in [0.15, 0.2) is 60.7 Å². The molecule has 1 aliphatic heterocycles. The van der Waals surface area contributed by atoms with Crippen molar-refractivity contribution >= 4 is 27.9 Å². The summed E-state index contributed by atoms with van der Waals surface area (Å²) in [6.45, 7) is 0.279. The van der Waals surface area contributed by atoms with Gasteiger partial charge in [0.2, 0.25) is 5.91 Å². The molecule has 4 rings (SSSR count). The van der Waals surface area contributed by atoms with Crippen molar-refractivity contribution in [3.63, 3.8) is 0 Å². The van der Waals surface area contributed by atoms with Crippen LogP contribution in [0.2, 0.25) is 0 Å². The van der Waals surface area contributed by atoms with E-state index in [2.05, 4.69) is 5.32 Å². The molecule has 0 saturated carbocycles. The highest BCUT2D eigenvalue weighted by atomic mass is 19.4. The van der Waals surface area contributed by atoms with E-state index in [1.165, 1.54) is 12.1 Å². The second kappa shape index (κ2) is 7.74. The number of benzene rings is 3.